The lowest BCUT2D eigenvalue weighted by molar-refractivity contribution is 0.200. The summed E-state index contributed by atoms with van der Waals surface area (Å²) in [4.78, 5) is 13.9. The lowest BCUT2D eigenvalue weighted by Gasteiger charge is -2.26. The highest BCUT2D eigenvalue weighted by Gasteiger charge is 2.21. The van der Waals surface area contributed by atoms with Gasteiger partial charge in [-0.1, -0.05) is 13.8 Å². The molecule has 2 amide bonds. The van der Waals surface area contributed by atoms with Gasteiger partial charge < -0.3 is 4.90 Å². The molecule has 1 fully saturated rings. The maximum absolute atomic E-state index is 12.1. The van der Waals surface area contributed by atoms with Crippen LogP contribution in [0.1, 0.15) is 50.3 Å². The van der Waals surface area contributed by atoms with E-state index in [1.54, 1.807) is 4.90 Å². The zero-order valence-electron chi connectivity index (χ0n) is 11.3. The molecule has 1 aliphatic rings. The SMILES string of the molecule is CC(C)c1nsc(NC(=O)N2CCCCC2)c1C#N. The molecule has 102 valence electrons. The molecule has 2 rings (SSSR count). The van der Waals surface area contributed by atoms with Crippen LogP contribution in [0, 0.1) is 11.3 Å². The summed E-state index contributed by atoms with van der Waals surface area (Å²) in [5.41, 5.74) is 1.27. The minimum Gasteiger partial charge on any atom is -0.325 e. The van der Waals surface area contributed by atoms with Crippen molar-refractivity contribution in [3.8, 4) is 6.07 Å². The van der Waals surface area contributed by atoms with Crippen LogP contribution in [0.25, 0.3) is 0 Å². The summed E-state index contributed by atoms with van der Waals surface area (Å²) in [6.07, 6.45) is 3.29. The van der Waals surface area contributed by atoms with Gasteiger partial charge in [0.15, 0.2) is 0 Å². The van der Waals surface area contributed by atoms with E-state index in [9.17, 15) is 10.1 Å². The first-order valence-electron chi connectivity index (χ1n) is 6.59. The first kappa shape index (κ1) is 13.8. The van der Waals surface area contributed by atoms with Gasteiger partial charge in [0.2, 0.25) is 0 Å². The van der Waals surface area contributed by atoms with E-state index in [0.29, 0.717) is 10.6 Å². The summed E-state index contributed by atoms with van der Waals surface area (Å²) >= 11 is 1.19. The Kier molecular flexibility index (Phi) is 4.38. The van der Waals surface area contributed by atoms with E-state index in [0.717, 1.165) is 31.6 Å². The molecule has 19 heavy (non-hydrogen) atoms. The summed E-state index contributed by atoms with van der Waals surface area (Å²) in [6.45, 7) is 5.57. The number of amides is 2. The van der Waals surface area contributed by atoms with Crippen molar-refractivity contribution in [3.63, 3.8) is 0 Å². The van der Waals surface area contributed by atoms with E-state index < -0.39 is 0 Å². The van der Waals surface area contributed by atoms with Crippen LogP contribution in [0.2, 0.25) is 0 Å². The van der Waals surface area contributed by atoms with Crippen LogP contribution in [0.5, 0.6) is 0 Å². The molecular weight excluding hydrogens is 260 g/mol. The van der Waals surface area contributed by atoms with E-state index in [4.69, 9.17) is 0 Å². The van der Waals surface area contributed by atoms with Gasteiger partial charge in [-0.25, -0.2) is 4.79 Å². The molecule has 1 aliphatic heterocycles. The van der Waals surface area contributed by atoms with Gasteiger partial charge in [0.25, 0.3) is 0 Å². The highest BCUT2D eigenvalue weighted by atomic mass is 32.1. The lowest BCUT2D eigenvalue weighted by atomic mass is 10.1. The number of piperidine rings is 1. The van der Waals surface area contributed by atoms with Gasteiger partial charge in [-0.2, -0.15) is 9.64 Å². The number of hydrogen-bond donors (Lipinski definition) is 1. The number of urea groups is 1. The van der Waals surface area contributed by atoms with Gasteiger partial charge in [-0.3, -0.25) is 5.32 Å². The number of hydrogen-bond acceptors (Lipinski definition) is 4. The number of anilines is 1. The number of rotatable bonds is 2. The Bertz CT molecular complexity index is 497. The zero-order valence-corrected chi connectivity index (χ0v) is 12.1. The van der Waals surface area contributed by atoms with E-state index in [1.807, 2.05) is 13.8 Å². The number of carbonyl (C=O) groups excluding carboxylic acids is 1. The average Bonchev–Trinajstić information content (AvgIpc) is 2.82. The minimum absolute atomic E-state index is 0.116. The van der Waals surface area contributed by atoms with Crippen molar-refractivity contribution in [1.82, 2.24) is 9.27 Å². The van der Waals surface area contributed by atoms with Gasteiger partial charge in [0.1, 0.15) is 16.6 Å². The monoisotopic (exact) mass is 278 g/mol. The van der Waals surface area contributed by atoms with Crippen molar-refractivity contribution in [3.05, 3.63) is 11.3 Å². The van der Waals surface area contributed by atoms with Crippen molar-refractivity contribution < 1.29 is 4.79 Å². The highest BCUT2D eigenvalue weighted by molar-refractivity contribution is 7.10. The highest BCUT2D eigenvalue weighted by Crippen LogP contribution is 2.29. The summed E-state index contributed by atoms with van der Waals surface area (Å²) < 4.78 is 4.27. The molecule has 0 aliphatic carbocycles. The largest absolute Gasteiger partial charge is 0.325 e. The molecule has 0 spiro atoms. The van der Waals surface area contributed by atoms with Crippen LogP contribution in [0.3, 0.4) is 0 Å². The fourth-order valence-electron chi connectivity index (χ4n) is 2.16. The Morgan fingerprint density at radius 2 is 2.11 bits per heavy atom. The second-order valence-electron chi connectivity index (χ2n) is 5.02. The lowest BCUT2D eigenvalue weighted by Crippen LogP contribution is -2.38. The first-order chi connectivity index (χ1) is 9.13. The van der Waals surface area contributed by atoms with Crippen LogP contribution in [-0.2, 0) is 0 Å². The van der Waals surface area contributed by atoms with Gasteiger partial charge in [0, 0.05) is 13.1 Å². The third-order valence-corrected chi connectivity index (χ3v) is 4.02. The van der Waals surface area contributed by atoms with E-state index in [1.165, 1.54) is 18.0 Å². The predicted molar refractivity (Wildman–Crippen MR) is 75.4 cm³/mol. The van der Waals surface area contributed by atoms with Crippen molar-refractivity contribution in [1.29, 1.82) is 5.26 Å². The van der Waals surface area contributed by atoms with Gasteiger partial charge >= 0.3 is 6.03 Å². The summed E-state index contributed by atoms with van der Waals surface area (Å²) in [5, 5.41) is 12.6. The molecule has 1 aromatic rings. The molecule has 0 bridgehead atoms. The quantitative estimate of drug-likeness (QED) is 0.903. The molecule has 1 aromatic heterocycles. The Morgan fingerprint density at radius 1 is 1.42 bits per heavy atom. The smallest absolute Gasteiger partial charge is 0.322 e. The van der Waals surface area contributed by atoms with Crippen molar-refractivity contribution in [2.45, 2.75) is 39.0 Å². The standard InChI is InChI=1S/C13H18N4OS/c1-9(2)11-10(8-14)12(19-16-11)15-13(18)17-6-4-3-5-7-17/h9H,3-7H2,1-2H3,(H,15,18). The fourth-order valence-corrected chi connectivity index (χ4v) is 3.03. The first-order valence-corrected chi connectivity index (χ1v) is 7.36. The molecular formula is C13H18N4OS. The third kappa shape index (κ3) is 3.04. The van der Waals surface area contributed by atoms with Crippen molar-refractivity contribution >= 4 is 22.6 Å². The maximum atomic E-state index is 12.1. The Morgan fingerprint density at radius 3 is 2.68 bits per heavy atom. The Labute approximate surface area is 117 Å². The van der Waals surface area contributed by atoms with Gasteiger partial charge in [-0.05, 0) is 36.7 Å². The number of nitrogens with zero attached hydrogens (tertiary/aromatic N) is 3. The predicted octanol–water partition coefficient (Wildman–Crippen LogP) is 3.16. The molecule has 0 radical (unpaired) electrons. The Hall–Kier alpha value is -1.61. The molecule has 2 heterocycles. The van der Waals surface area contributed by atoms with Crippen LogP contribution in [0.4, 0.5) is 9.80 Å². The average molecular weight is 278 g/mol. The minimum atomic E-state index is -0.116. The van der Waals surface area contributed by atoms with Crippen LogP contribution in [-0.4, -0.2) is 28.4 Å². The fraction of sp³-hybridized carbons (Fsp3) is 0.615. The van der Waals surface area contributed by atoms with E-state index in [-0.39, 0.29) is 11.9 Å². The van der Waals surface area contributed by atoms with Crippen molar-refractivity contribution in [2.75, 3.05) is 18.4 Å². The zero-order chi connectivity index (χ0) is 13.8. The van der Waals surface area contributed by atoms with Gasteiger partial charge in [-0.15, -0.1) is 0 Å². The molecule has 1 saturated heterocycles. The van der Waals surface area contributed by atoms with Crippen LogP contribution < -0.4 is 5.32 Å². The second kappa shape index (κ2) is 6.02. The normalized spacial score (nSPS) is 15.4. The maximum Gasteiger partial charge on any atom is 0.322 e. The van der Waals surface area contributed by atoms with Gasteiger partial charge in [0.05, 0.1) is 5.69 Å². The topological polar surface area (TPSA) is 69.0 Å². The molecule has 5 nitrogen and oxygen atoms in total. The number of nitrogens with one attached hydrogen (secondary N) is 1. The molecule has 0 unspecified atom stereocenters. The van der Waals surface area contributed by atoms with Crippen molar-refractivity contribution in [2.24, 2.45) is 0 Å². The molecule has 0 aromatic carbocycles. The summed E-state index contributed by atoms with van der Waals surface area (Å²) in [5.74, 6) is 0.187. The third-order valence-electron chi connectivity index (χ3n) is 3.24. The van der Waals surface area contributed by atoms with E-state index in [2.05, 4.69) is 15.8 Å². The van der Waals surface area contributed by atoms with Crippen LogP contribution in [0.15, 0.2) is 0 Å². The number of likely N-dealkylation sites (tertiary alicyclic amines) is 1. The molecule has 1 N–H and O–H groups in total. The number of nitriles is 1. The Balaban J connectivity index is 2.10. The molecule has 0 saturated carbocycles. The summed E-state index contributed by atoms with van der Waals surface area (Å²) in [7, 11) is 0. The molecule has 6 heteroatoms. The molecule has 0 atom stereocenters. The van der Waals surface area contributed by atoms with Crippen LogP contribution >= 0.6 is 11.5 Å². The second-order valence-corrected chi connectivity index (χ2v) is 5.79. The number of carbonyl (C=O) groups is 1. The van der Waals surface area contributed by atoms with E-state index >= 15 is 0 Å². The summed E-state index contributed by atoms with van der Waals surface area (Å²) in [6, 6.07) is 2.03. The number of aromatic nitrogens is 1.